The van der Waals surface area contributed by atoms with E-state index in [9.17, 15) is 0 Å². The SMILES string of the molecule is CON=C[C@@H](F)[C@H](OCc1ccccc1)[C@@H](COCc1ccccc1)Oc1cc(Cl)c(Cl)cc1Cl. The summed E-state index contributed by atoms with van der Waals surface area (Å²) >= 11 is 18.5. The molecule has 0 bridgehead atoms. The quantitative estimate of drug-likeness (QED) is 0.131. The molecule has 3 aromatic rings. The van der Waals surface area contributed by atoms with Gasteiger partial charge in [-0.25, -0.2) is 4.39 Å². The fourth-order valence-electron chi connectivity index (χ4n) is 3.20. The molecule has 0 saturated heterocycles. The van der Waals surface area contributed by atoms with Gasteiger partial charge in [-0.3, -0.25) is 0 Å². The second-order valence-electron chi connectivity index (χ2n) is 7.50. The van der Waals surface area contributed by atoms with Crippen LogP contribution in [0, 0.1) is 0 Å². The van der Waals surface area contributed by atoms with E-state index < -0.39 is 18.4 Å². The van der Waals surface area contributed by atoms with Gasteiger partial charge < -0.3 is 19.0 Å². The second kappa shape index (κ2) is 14.3. The number of oxime groups is 1. The molecule has 0 fully saturated rings. The van der Waals surface area contributed by atoms with Gasteiger partial charge in [-0.2, -0.15) is 0 Å². The highest BCUT2D eigenvalue weighted by Crippen LogP contribution is 2.35. The van der Waals surface area contributed by atoms with Crippen molar-refractivity contribution in [3.63, 3.8) is 0 Å². The molecule has 0 radical (unpaired) electrons. The van der Waals surface area contributed by atoms with Crippen LogP contribution in [0.2, 0.25) is 15.1 Å². The highest BCUT2D eigenvalue weighted by Gasteiger charge is 2.33. The fraction of sp³-hybridized carbons (Fsp3) is 0.269. The zero-order valence-corrected chi connectivity index (χ0v) is 21.2. The van der Waals surface area contributed by atoms with Gasteiger partial charge in [0.05, 0.1) is 41.1 Å². The molecule has 3 atom stereocenters. The molecule has 9 heteroatoms. The van der Waals surface area contributed by atoms with Crippen LogP contribution < -0.4 is 4.74 Å². The van der Waals surface area contributed by atoms with E-state index in [1.54, 1.807) is 0 Å². The summed E-state index contributed by atoms with van der Waals surface area (Å²) in [6, 6.07) is 21.9. The van der Waals surface area contributed by atoms with Crippen molar-refractivity contribution in [2.75, 3.05) is 13.7 Å². The molecule has 186 valence electrons. The fourth-order valence-corrected chi connectivity index (χ4v) is 3.78. The Kier molecular flexibility index (Phi) is 11.1. The Morgan fingerprint density at radius 1 is 0.857 bits per heavy atom. The minimum Gasteiger partial charge on any atom is -0.484 e. The van der Waals surface area contributed by atoms with Crippen LogP contribution in [0.3, 0.4) is 0 Å². The second-order valence-corrected chi connectivity index (χ2v) is 8.72. The molecular formula is C26H25Cl3FNO4. The van der Waals surface area contributed by atoms with Crippen LogP contribution in [0.15, 0.2) is 78.0 Å². The normalized spacial score (nSPS) is 14.0. The van der Waals surface area contributed by atoms with Crippen molar-refractivity contribution in [2.24, 2.45) is 5.16 Å². The summed E-state index contributed by atoms with van der Waals surface area (Å²) < 4.78 is 33.3. The van der Waals surface area contributed by atoms with E-state index in [1.807, 2.05) is 60.7 Å². The first-order valence-electron chi connectivity index (χ1n) is 10.8. The van der Waals surface area contributed by atoms with Crippen LogP contribution in [0.1, 0.15) is 11.1 Å². The molecule has 5 nitrogen and oxygen atoms in total. The largest absolute Gasteiger partial charge is 0.484 e. The van der Waals surface area contributed by atoms with E-state index in [-0.39, 0.29) is 34.0 Å². The number of rotatable bonds is 13. The lowest BCUT2D eigenvalue weighted by molar-refractivity contribution is -0.0873. The van der Waals surface area contributed by atoms with E-state index in [0.29, 0.717) is 6.61 Å². The van der Waals surface area contributed by atoms with Crippen molar-refractivity contribution in [1.82, 2.24) is 0 Å². The summed E-state index contributed by atoms with van der Waals surface area (Å²) in [6.45, 7) is 0.427. The molecule has 0 N–H and O–H groups in total. The molecule has 0 amide bonds. The monoisotopic (exact) mass is 539 g/mol. The van der Waals surface area contributed by atoms with Crippen LogP contribution in [0.4, 0.5) is 4.39 Å². The Morgan fingerprint density at radius 2 is 1.46 bits per heavy atom. The van der Waals surface area contributed by atoms with Crippen molar-refractivity contribution in [3.8, 4) is 5.75 Å². The van der Waals surface area contributed by atoms with Gasteiger partial charge in [-0.15, -0.1) is 0 Å². The minimum absolute atomic E-state index is 0.00777. The molecule has 0 heterocycles. The third-order valence-electron chi connectivity index (χ3n) is 4.92. The maximum atomic E-state index is 15.3. The summed E-state index contributed by atoms with van der Waals surface area (Å²) in [7, 11) is 1.33. The zero-order chi connectivity index (χ0) is 25.0. The van der Waals surface area contributed by atoms with Gasteiger partial charge >= 0.3 is 0 Å². The van der Waals surface area contributed by atoms with Gasteiger partial charge in [0, 0.05) is 6.07 Å². The summed E-state index contributed by atoms with van der Waals surface area (Å²) in [4.78, 5) is 4.66. The lowest BCUT2D eigenvalue weighted by Gasteiger charge is -2.29. The van der Waals surface area contributed by atoms with Crippen LogP contribution in [-0.4, -0.2) is 38.3 Å². The molecule has 0 spiro atoms. The van der Waals surface area contributed by atoms with E-state index >= 15 is 4.39 Å². The van der Waals surface area contributed by atoms with E-state index in [1.165, 1.54) is 19.2 Å². The topological polar surface area (TPSA) is 49.3 Å². The summed E-state index contributed by atoms with van der Waals surface area (Å²) in [5, 5.41) is 4.30. The highest BCUT2D eigenvalue weighted by atomic mass is 35.5. The summed E-state index contributed by atoms with van der Waals surface area (Å²) in [5.74, 6) is 0.221. The van der Waals surface area contributed by atoms with Crippen LogP contribution >= 0.6 is 34.8 Å². The van der Waals surface area contributed by atoms with Gasteiger partial charge in [0.25, 0.3) is 0 Å². The molecule has 0 aliphatic heterocycles. The Morgan fingerprint density at radius 3 is 2.09 bits per heavy atom. The standard InChI is InChI=1S/C26H25Cl3FNO4/c1-32-31-14-23(30)26(34-16-19-10-6-3-7-11-19)25(17-33-15-18-8-4-2-5-9-18)35-24-13-21(28)20(27)12-22(24)29/h2-14,23,25-26H,15-17H2,1H3/t23-,25-,26+/m1/s1. The van der Waals surface area contributed by atoms with Crippen molar-refractivity contribution in [3.05, 3.63) is 99.0 Å². The minimum atomic E-state index is -1.68. The first-order valence-corrected chi connectivity index (χ1v) is 11.9. The lowest BCUT2D eigenvalue weighted by Crippen LogP contribution is -2.44. The number of hydrogen-bond donors (Lipinski definition) is 0. The average Bonchev–Trinajstić information content (AvgIpc) is 2.87. The average molecular weight is 541 g/mol. The van der Waals surface area contributed by atoms with Gasteiger partial charge in [0.2, 0.25) is 0 Å². The number of nitrogens with zero attached hydrogens (tertiary/aromatic N) is 1. The summed E-state index contributed by atoms with van der Waals surface area (Å²) in [6.07, 6.45) is -2.70. The zero-order valence-electron chi connectivity index (χ0n) is 19.0. The first-order chi connectivity index (χ1) is 17.0. The Balaban J connectivity index is 1.85. The molecule has 35 heavy (non-hydrogen) atoms. The van der Waals surface area contributed by atoms with Crippen molar-refractivity contribution in [2.45, 2.75) is 31.6 Å². The third-order valence-corrected chi connectivity index (χ3v) is 5.94. The molecule has 3 rings (SSSR count). The Hall–Kier alpha value is -2.35. The lowest BCUT2D eigenvalue weighted by atomic mass is 10.1. The number of hydrogen-bond acceptors (Lipinski definition) is 5. The predicted octanol–water partition coefficient (Wildman–Crippen LogP) is 7.17. The smallest absolute Gasteiger partial charge is 0.168 e. The van der Waals surface area contributed by atoms with Crippen LogP contribution in [0.25, 0.3) is 0 Å². The maximum absolute atomic E-state index is 15.3. The number of alkyl halides is 1. The van der Waals surface area contributed by atoms with Gasteiger partial charge in [0.1, 0.15) is 19.0 Å². The van der Waals surface area contributed by atoms with Crippen molar-refractivity contribution in [1.29, 1.82) is 0 Å². The number of halogens is 4. The third kappa shape index (κ3) is 8.67. The molecule has 3 aromatic carbocycles. The molecule has 0 aliphatic carbocycles. The molecular weight excluding hydrogens is 516 g/mol. The first kappa shape index (κ1) is 27.2. The van der Waals surface area contributed by atoms with Crippen LogP contribution in [-0.2, 0) is 27.5 Å². The molecule has 0 aliphatic rings. The van der Waals surface area contributed by atoms with Crippen molar-refractivity contribution < 1.29 is 23.4 Å². The Bertz CT molecular complexity index is 1070. The maximum Gasteiger partial charge on any atom is 0.168 e. The highest BCUT2D eigenvalue weighted by molar-refractivity contribution is 6.43. The number of benzene rings is 3. The number of ether oxygens (including phenoxy) is 3. The van der Waals surface area contributed by atoms with E-state index in [2.05, 4.69) is 9.99 Å². The van der Waals surface area contributed by atoms with Gasteiger partial charge in [-0.05, 0) is 17.2 Å². The van der Waals surface area contributed by atoms with E-state index in [4.69, 9.17) is 49.0 Å². The van der Waals surface area contributed by atoms with Crippen LogP contribution in [0.5, 0.6) is 5.75 Å². The molecule has 0 saturated carbocycles. The Labute approximate surface area is 219 Å². The van der Waals surface area contributed by atoms with E-state index in [0.717, 1.165) is 17.3 Å². The summed E-state index contributed by atoms with van der Waals surface area (Å²) in [5.41, 5.74) is 1.82. The molecule has 0 unspecified atom stereocenters. The van der Waals surface area contributed by atoms with Crippen molar-refractivity contribution >= 4 is 41.0 Å². The predicted molar refractivity (Wildman–Crippen MR) is 137 cm³/mol. The molecule has 0 aromatic heterocycles. The van der Waals surface area contributed by atoms with Gasteiger partial charge in [-0.1, -0.05) is 101 Å². The van der Waals surface area contributed by atoms with Gasteiger partial charge in [0.15, 0.2) is 12.3 Å².